The van der Waals surface area contributed by atoms with E-state index in [1.165, 1.54) is 0 Å². The maximum atomic E-state index is 12.5. The van der Waals surface area contributed by atoms with Crippen molar-refractivity contribution in [1.29, 1.82) is 0 Å². The summed E-state index contributed by atoms with van der Waals surface area (Å²) in [6.45, 7) is 9.67. The molecule has 0 bridgehead atoms. The Kier molecular flexibility index (Phi) is 6.95. The third kappa shape index (κ3) is 5.71. The van der Waals surface area contributed by atoms with E-state index in [2.05, 4.69) is 29.2 Å². The van der Waals surface area contributed by atoms with Crippen LogP contribution in [0.4, 0.5) is 0 Å². The van der Waals surface area contributed by atoms with Gasteiger partial charge in [0.15, 0.2) is 0 Å². The van der Waals surface area contributed by atoms with Gasteiger partial charge in [0.25, 0.3) is 0 Å². The number of nitrogens with one attached hydrogen (secondary N) is 1. The quantitative estimate of drug-likeness (QED) is 0.748. The van der Waals surface area contributed by atoms with Gasteiger partial charge in [-0.1, -0.05) is 37.0 Å². The molecule has 0 atom stereocenters. The van der Waals surface area contributed by atoms with E-state index in [1.54, 1.807) is 16.8 Å². The van der Waals surface area contributed by atoms with Crippen molar-refractivity contribution in [3.05, 3.63) is 45.2 Å². The molecule has 1 aromatic carbocycles. The first-order valence-electron chi connectivity index (χ1n) is 8.92. The van der Waals surface area contributed by atoms with Gasteiger partial charge in [-0.3, -0.25) is 4.79 Å². The van der Waals surface area contributed by atoms with E-state index in [0.29, 0.717) is 23.0 Å². The summed E-state index contributed by atoms with van der Waals surface area (Å²) in [7, 11) is 4.07. The average molecular weight is 411 g/mol. The van der Waals surface area contributed by atoms with Crippen LogP contribution in [0.3, 0.4) is 0 Å². The summed E-state index contributed by atoms with van der Waals surface area (Å²) in [4.78, 5) is 14.6. The van der Waals surface area contributed by atoms with Crippen LogP contribution in [0.2, 0.25) is 10.0 Å². The topological polar surface area (TPSA) is 50.2 Å². The number of hydrogen-bond donors (Lipinski definition) is 1. The van der Waals surface area contributed by atoms with Crippen molar-refractivity contribution in [3.8, 4) is 5.69 Å². The Labute approximate surface area is 171 Å². The zero-order valence-corrected chi connectivity index (χ0v) is 18.4. The van der Waals surface area contributed by atoms with Gasteiger partial charge in [-0.2, -0.15) is 5.10 Å². The second-order valence-corrected chi connectivity index (χ2v) is 8.86. The molecule has 7 heteroatoms. The number of aryl methyl sites for hydroxylation is 1. The van der Waals surface area contributed by atoms with Crippen molar-refractivity contribution < 1.29 is 4.79 Å². The van der Waals surface area contributed by atoms with Crippen molar-refractivity contribution in [2.75, 3.05) is 27.2 Å². The lowest BCUT2D eigenvalue weighted by Gasteiger charge is -2.28. The number of nitrogens with zero attached hydrogens (tertiary/aromatic N) is 3. The molecule has 0 aliphatic heterocycles. The fourth-order valence-electron chi connectivity index (χ4n) is 3.29. The Balaban J connectivity index is 2.14. The second kappa shape index (κ2) is 8.63. The van der Waals surface area contributed by atoms with E-state index in [4.69, 9.17) is 23.2 Å². The Bertz CT molecular complexity index is 828. The fourth-order valence-corrected chi connectivity index (χ4v) is 3.78. The van der Waals surface area contributed by atoms with Gasteiger partial charge in [-0.15, -0.1) is 0 Å². The summed E-state index contributed by atoms with van der Waals surface area (Å²) in [6, 6.07) is 5.30. The maximum Gasteiger partial charge on any atom is 0.224 e. The minimum atomic E-state index is -0.00483. The fraction of sp³-hybridized carbons (Fsp3) is 0.500. The van der Waals surface area contributed by atoms with E-state index >= 15 is 0 Å². The highest BCUT2D eigenvalue weighted by atomic mass is 35.5. The largest absolute Gasteiger partial charge is 0.355 e. The van der Waals surface area contributed by atoms with Crippen LogP contribution in [0, 0.1) is 19.3 Å². The number of hydrogen-bond acceptors (Lipinski definition) is 3. The van der Waals surface area contributed by atoms with Crippen molar-refractivity contribution in [2.24, 2.45) is 5.41 Å². The zero-order valence-electron chi connectivity index (χ0n) is 16.9. The minimum Gasteiger partial charge on any atom is -0.355 e. The van der Waals surface area contributed by atoms with Crippen LogP contribution in [0.15, 0.2) is 18.2 Å². The SMILES string of the molecule is Cc1nn(-c2ccc(Cl)cc2Cl)c(C)c1CC(=O)NCC(C)(C)CN(C)C. The summed E-state index contributed by atoms with van der Waals surface area (Å²) < 4.78 is 1.77. The predicted octanol–water partition coefficient (Wildman–Crippen LogP) is 4.04. The van der Waals surface area contributed by atoms with E-state index < -0.39 is 0 Å². The van der Waals surface area contributed by atoms with Gasteiger partial charge >= 0.3 is 0 Å². The molecule has 0 fully saturated rings. The molecule has 1 aromatic heterocycles. The van der Waals surface area contributed by atoms with E-state index in [1.807, 2.05) is 34.0 Å². The van der Waals surface area contributed by atoms with E-state index in [0.717, 1.165) is 29.2 Å². The Morgan fingerprint density at radius 2 is 1.93 bits per heavy atom. The molecule has 27 heavy (non-hydrogen) atoms. The van der Waals surface area contributed by atoms with Crippen LogP contribution in [0.1, 0.15) is 30.8 Å². The summed E-state index contributed by atoms with van der Waals surface area (Å²) in [5, 5.41) is 8.72. The smallest absolute Gasteiger partial charge is 0.224 e. The maximum absolute atomic E-state index is 12.5. The summed E-state index contributed by atoms with van der Waals surface area (Å²) in [6.07, 6.45) is 0.293. The van der Waals surface area contributed by atoms with Gasteiger partial charge in [0.1, 0.15) is 0 Å². The molecular formula is C20H28Cl2N4O. The zero-order chi connectivity index (χ0) is 20.4. The highest BCUT2D eigenvalue weighted by Gasteiger charge is 2.21. The number of benzene rings is 1. The van der Waals surface area contributed by atoms with Crippen LogP contribution in [0.25, 0.3) is 5.69 Å². The number of rotatable bonds is 7. The molecule has 0 spiro atoms. The lowest BCUT2D eigenvalue weighted by atomic mass is 9.93. The Hall–Kier alpha value is -1.56. The first kappa shape index (κ1) is 21.7. The number of halogens is 2. The number of carbonyl (C=O) groups excluding carboxylic acids is 1. The van der Waals surface area contributed by atoms with Crippen LogP contribution in [0.5, 0.6) is 0 Å². The first-order chi connectivity index (χ1) is 12.5. The molecular weight excluding hydrogens is 383 g/mol. The van der Waals surface area contributed by atoms with Crippen LogP contribution in [-0.4, -0.2) is 47.8 Å². The number of amides is 1. The van der Waals surface area contributed by atoms with Crippen LogP contribution in [-0.2, 0) is 11.2 Å². The van der Waals surface area contributed by atoms with E-state index in [9.17, 15) is 4.79 Å². The third-order valence-electron chi connectivity index (χ3n) is 4.42. The molecule has 2 rings (SSSR count). The molecule has 0 saturated carbocycles. The molecule has 148 valence electrons. The predicted molar refractivity (Wildman–Crippen MR) is 112 cm³/mol. The number of carbonyl (C=O) groups is 1. The first-order valence-corrected chi connectivity index (χ1v) is 9.68. The molecule has 0 unspecified atom stereocenters. The summed E-state index contributed by atoms with van der Waals surface area (Å²) >= 11 is 12.3. The molecule has 0 radical (unpaired) electrons. The van der Waals surface area contributed by atoms with Crippen molar-refractivity contribution in [3.63, 3.8) is 0 Å². The average Bonchev–Trinajstić information content (AvgIpc) is 2.80. The van der Waals surface area contributed by atoms with Crippen LogP contribution < -0.4 is 5.32 Å². The monoisotopic (exact) mass is 410 g/mol. The Morgan fingerprint density at radius 1 is 1.26 bits per heavy atom. The molecule has 1 N–H and O–H groups in total. The standard InChI is InChI=1S/C20H28Cl2N4O/c1-13-16(10-19(27)23-11-20(3,4)12-25(5)6)14(2)26(24-13)18-8-7-15(21)9-17(18)22/h7-9H,10-12H2,1-6H3,(H,23,27). The van der Waals surface area contributed by atoms with Crippen molar-refractivity contribution >= 4 is 29.1 Å². The van der Waals surface area contributed by atoms with Gasteiger partial charge < -0.3 is 10.2 Å². The van der Waals surface area contributed by atoms with Crippen molar-refractivity contribution in [1.82, 2.24) is 20.0 Å². The molecule has 0 aliphatic carbocycles. The van der Waals surface area contributed by atoms with E-state index in [-0.39, 0.29) is 11.3 Å². The molecule has 1 heterocycles. The molecule has 1 amide bonds. The lowest BCUT2D eigenvalue weighted by molar-refractivity contribution is -0.120. The van der Waals surface area contributed by atoms with Gasteiger partial charge in [0.05, 0.1) is 22.8 Å². The highest BCUT2D eigenvalue weighted by Crippen LogP contribution is 2.27. The van der Waals surface area contributed by atoms with Gasteiger partial charge in [-0.05, 0) is 51.6 Å². The summed E-state index contributed by atoms with van der Waals surface area (Å²) in [5.41, 5.74) is 3.40. The van der Waals surface area contributed by atoms with Gasteiger partial charge in [-0.25, -0.2) is 4.68 Å². The highest BCUT2D eigenvalue weighted by molar-refractivity contribution is 6.35. The molecule has 2 aromatic rings. The summed E-state index contributed by atoms with van der Waals surface area (Å²) in [5.74, 6) is -0.00483. The third-order valence-corrected chi connectivity index (χ3v) is 4.96. The van der Waals surface area contributed by atoms with Gasteiger partial charge in [0.2, 0.25) is 5.91 Å². The molecule has 5 nitrogen and oxygen atoms in total. The minimum absolute atomic E-state index is 0.00423. The Morgan fingerprint density at radius 3 is 2.52 bits per heavy atom. The number of aromatic nitrogens is 2. The van der Waals surface area contributed by atoms with Gasteiger partial charge in [0, 0.05) is 29.4 Å². The molecule has 0 saturated heterocycles. The van der Waals surface area contributed by atoms with Crippen LogP contribution >= 0.6 is 23.2 Å². The second-order valence-electron chi connectivity index (χ2n) is 8.01. The lowest BCUT2D eigenvalue weighted by Crippen LogP contribution is -2.40. The normalized spacial score (nSPS) is 11.9. The van der Waals surface area contributed by atoms with Crippen molar-refractivity contribution in [2.45, 2.75) is 34.1 Å². The molecule has 0 aliphatic rings.